The minimum Gasteiger partial charge on any atom is -0.312 e. The fourth-order valence-corrected chi connectivity index (χ4v) is 8.42. The van der Waals surface area contributed by atoms with Crippen LogP contribution in [0.2, 0.25) is 0 Å². The standard InChI is InChI=1S/C51H42N2/c1-51(2)45-26-14-25-42(48(45)44-32-38-21-9-10-22-39(38)33-46(44)51)40-23-13-15-34(31-40)27-30-47(53-50(52)37-19-7-4-8-20-37)49-41-24-12-11-18-36(41)28-29-43(49)35-16-5-3-6-17-35/h3-33,47,50,53H,52H2,1-2H3/b30-27+. The molecule has 9 rings (SSSR count). The summed E-state index contributed by atoms with van der Waals surface area (Å²) in [6.45, 7) is 4.72. The van der Waals surface area contributed by atoms with Crippen LogP contribution < -0.4 is 11.1 Å². The van der Waals surface area contributed by atoms with E-state index < -0.39 is 0 Å². The van der Waals surface area contributed by atoms with E-state index >= 15 is 0 Å². The largest absolute Gasteiger partial charge is 0.312 e. The summed E-state index contributed by atoms with van der Waals surface area (Å²) in [5.74, 6) is 0. The van der Waals surface area contributed by atoms with Gasteiger partial charge in [-0.25, -0.2) is 0 Å². The number of nitrogens with one attached hydrogen (secondary N) is 1. The molecule has 3 N–H and O–H groups in total. The molecule has 8 aromatic carbocycles. The van der Waals surface area contributed by atoms with E-state index in [2.05, 4.69) is 189 Å². The third kappa shape index (κ3) is 5.97. The van der Waals surface area contributed by atoms with E-state index in [0.717, 1.165) is 11.1 Å². The Kier molecular flexibility index (Phi) is 8.35. The molecule has 0 heterocycles. The first kappa shape index (κ1) is 32.8. The molecule has 0 fully saturated rings. The van der Waals surface area contributed by atoms with E-state index in [4.69, 9.17) is 5.73 Å². The molecule has 1 aliphatic rings. The van der Waals surface area contributed by atoms with Crippen LogP contribution in [0.4, 0.5) is 0 Å². The van der Waals surface area contributed by atoms with Gasteiger partial charge in [-0.3, -0.25) is 5.32 Å². The molecule has 0 spiro atoms. The Bertz CT molecular complexity index is 2640. The summed E-state index contributed by atoms with van der Waals surface area (Å²) in [5.41, 5.74) is 20.5. The van der Waals surface area contributed by atoms with Crippen molar-refractivity contribution in [1.29, 1.82) is 0 Å². The Hall–Kier alpha value is -6.06. The molecular weight excluding hydrogens is 641 g/mol. The number of rotatable bonds is 8. The van der Waals surface area contributed by atoms with Gasteiger partial charge in [-0.05, 0) is 101 Å². The summed E-state index contributed by atoms with van der Waals surface area (Å²) in [5, 5.41) is 8.80. The lowest BCUT2D eigenvalue weighted by Crippen LogP contribution is -2.32. The molecule has 8 aromatic rings. The van der Waals surface area contributed by atoms with E-state index in [1.165, 1.54) is 71.6 Å². The molecule has 2 atom stereocenters. The molecule has 0 aromatic heterocycles. The molecule has 1 aliphatic carbocycles. The molecular formula is C51H42N2. The lowest BCUT2D eigenvalue weighted by Gasteiger charge is -2.25. The van der Waals surface area contributed by atoms with Gasteiger partial charge in [-0.15, -0.1) is 0 Å². The van der Waals surface area contributed by atoms with Gasteiger partial charge in [0.2, 0.25) is 0 Å². The number of fused-ring (bicyclic) bond motifs is 5. The van der Waals surface area contributed by atoms with Crippen LogP contribution in [0.15, 0.2) is 182 Å². The topological polar surface area (TPSA) is 38.0 Å². The smallest absolute Gasteiger partial charge is 0.0817 e. The van der Waals surface area contributed by atoms with Crippen LogP contribution in [0, 0.1) is 0 Å². The average molecular weight is 683 g/mol. The van der Waals surface area contributed by atoms with Crippen molar-refractivity contribution < 1.29 is 0 Å². The zero-order chi connectivity index (χ0) is 35.9. The van der Waals surface area contributed by atoms with Crippen LogP contribution in [-0.4, -0.2) is 0 Å². The maximum Gasteiger partial charge on any atom is 0.0817 e. The molecule has 53 heavy (non-hydrogen) atoms. The number of hydrogen-bond donors (Lipinski definition) is 2. The molecule has 2 nitrogen and oxygen atoms in total. The van der Waals surface area contributed by atoms with Gasteiger partial charge in [0.05, 0.1) is 12.2 Å². The second-order valence-corrected chi connectivity index (χ2v) is 14.7. The van der Waals surface area contributed by atoms with Crippen molar-refractivity contribution in [3.05, 3.63) is 210 Å². The summed E-state index contributed by atoms with van der Waals surface area (Å²) < 4.78 is 0. The second-order valence-electron chi connectivity index (χ2n) is 14.7. The highest BCUT2D eigenvalue weighted by Gasteiger charge is 2.37. The van der Waals surface area contributed by atoms with Crippen molar-refractivity contribution in [1.82, 2.24) is 5.32 Å². The third-order valence-corrected chi connectivity index (χ3v) is 11.1. The Morgan fingerprint density at radius 3 is 1.98 bits per heavy atom. The summed E-state index contributed by atoms with van der Waals surface area (Å²) in [4.78, 5) is 0. The Morgan fingerprint density at radius 1 is 0.528 bits per heavy atom. The lowest BCUT2D eigenvalue weighted by molar-refractivity contribution is 0.511. The molecule has 0 saturated heterocycles. The molecule has 2 heteroatoms. The normalized spacial score (nSPS) is 14.3. The number of benzene rings is 8. The molecule has 0 saturated carbocycles. The van der Waals surface area contributed by atoms with Crippen LogP contribution in [0.1, 0.15) is 53.9 Å². The summed E-state index contributed by atoms with van der Waals surface area (Å²) in [6.07, 6.45) is 4.17. The Balaban J connectivity index is 1.16. The molecule has 256 valence electrons. The van der Waals surface area contributed by atoms with Gasteiger partial charge in [0.15, 0.2) is 0 Å². The van der Waals surface area contributed by atoms with Gasteiger partial charge in [-0.2, -0.15) is 0 Å². The molecule has 0 radical (unpaired) electrons. The lowest BCUT2D eigenvalue weighted by atomic mass is 9.81. The minimum atomic E-state index is -0.369. The van der Waals surface area contributed by atoms with Crippen molar-refractivity contribution in [3.8, 4) is 33.4 Å². The van der Waals surface area contributed by atoms with Crippen LogP contribution in [0.25, 0.3) is 61.0 Å². The van der Waals surface area contributed by atoms with Crippen LogP contribution in [0.5, 0.6) is 0 Å². The maximum atomic E-state index is 6.94. The van der Waals surface area contributed by atoms with Gasteiger partial charge in [0.1, 0.15) is 0 Å². The molecule has 0 amide bonds. The maximum absolute atomic E-state index is 6.94. The fraction of sp³-hybridized carbons (Fsp3) is 0.0980. The van der Waals surface area contributed by atoms with Crippen molar-refractivity contribution in [2.24, 2.45) is 5.73 Å². The molecule has 0 bridgehead atoms. The van der Waals surface area contributed by atoms with Crippen LogP contribution in [-0.2, 0) is 5.41 Å². The quantitative estimate of drug-likeness (QED) is 0.157. The van der Waals surface area contributed by atoms with E-state index in [-0.39, 0.29) is 17.6 Å². The summed E-state index contributed by atoms with van der Waals surface area (Å²) in [6, 6.07) is 63.2. The average Bonchev–Trinajstić information content (AvgIpc) is 3.44. The van der Waals surface area contributed by atoms with Crippen molar-refractivity contribution >= 4 is 27.6 Å². The van der Waals surface area contributed by atoms with Gasteiger partial charge in [-0.1, -0.05) is 184 Å². The highest BCUT2D eigenvalue weighted by molar-refractivity contribution is 5.99. The first-order chi connectivity index (χ1) is 26.0. The van der Waals surface area contributed by atoms with Crippen molar-refractivity contribution in [2.45, 2.75) is 31.5 Å². The summed E-state index contributed by atoms with van der Waals surface area (Å²) >= 11 is 0. The van der Waals surface area contributed by atoms with Crippen molar-refractivity contribution in [2.75, 3.05) is 0 Å². The van der Waals surface area contributed by atoms with Gasteiger partial charge >= 0.3 is 0 Å². The van der Waals surface area contributed by atoms with E-state index in [1.54, 1.807) is 0 Å². The zero-order valence-corrected chi connectivity index (χ0v) is 30.1. The fourth-order valence-electron chi connectivity index (χ4n) is 8.42. The SMILES string of the molecule is CC1(C)c2cc3ccccc3cc2-c2c(-c3cccc(/C=C/C(NC(N)c4ccccc4)c4c(-c5ccccc5)ccc5ccccc45)c3)cccc21. The number of hydrogen-bond acceptors (Lipinski definition) is 2. The van der Waals surface area contributed by atoms with Gasteiger partial charge in [0, 0.05) is 5.41 Å². The van der Waals surface area contributed by atoms with E-state index in [0.29, 0.717) is 0 Å². The van der Waals surface area contributed by atoms with E-state index in [1.807, 2.05) is 18.2 Å². The number of nitrogens with two attached hydrogens (primary N) is 1. The predicted molar refractivity (Wildman–Crippen MR) is 225 cm³/mol. The van der Waals surface area contributed by atoms with Gasteiger partial charge < -0.3 is 5.73 Å². The summed E-state index contributed by atoms with van der Waals surface area (Å²) in [7, 11) is 0. The van der Waals surface area contributed by atoms with Gasteiger partial charge in [0.25, 0.3) is 0 Å². The first-order valence-electron chi connectivity index (χ1n) is 18.6. The van der Waals surface area contributed by atoms with Crippen molar-refractivity contribution in [3.63, 3.8) is 0 Å². The highest BCUT2D eigenvalue weighted by Crippen LogP contribution is 2.53. The second kappa shape index (κ2) is 13.5. The molecule has 0 aliphatic heterocycles. The predicted octanol–water partition coefficient (Wildman–Crippen LogP) is 12.6. The van der Waals surface area contributed by atoms with Crippen LogP contribution >= 0.6 is 0 Å². The first-order valence-corrected chi connectivity index (χ1v) is 18.6. The monoisotopic (exact) mass is 682 g/mol. The highest BCUT2D eigenvalue weighted by atomic mass is 15.0. The Labute approximate surface area is 312 Å². The third-order valence-electron chi connectivity index (χ3n) is 11.1. The van der Waals surface area contributed by atoms with Crippen LogP contribution in [0.3, 0.4) is 0 Å². The Morgan fingerprint density at radius 2 is 1.19 bits per heavy atom. The minimum absolute atomic E-state index is 0.0897. The van der Waals surface area contributed by atoms with E-state index in [9.17, 15) is 0 Å². The molecule has 2 unspecified atom stereocenters. The zero-order valence-electron chi connectivity index (χ0n) is 30.1.